The molecule has 16 heavy (non-hydrogen) atoms. The Hall–Kier alpha value is -1.57. The first-order valence-corrected chi connectivity index (χ1v) is 5.55. The molecular formula is C14H18NO. The minimum absolute atomic E-state index is 0.319. The molecule has 0 saturated heterocycles. The summed E-state index contributed by atoms with van der Waals surface area (Å²) < 4.78 is 0. The van der Waals surface area contributed by atoms with Crippen LogP contribution in [-0.4, -0.2) is 11.4 Å². The van der Waals surface area contributed by atoms with Crippen molar-refractivity contribution in [2.45, 2.75) is 26.2 Å². The molecule has 1 rings (SSSR count). The monoisotopic (exact) mass is 216 g/mol. The predicted molar refractivity (Wildman–Crippen MR) is 67.8 cm³/mol. The van der Waals surface area contributed by atoms with E-state index in [9.17, 15) is 0 Å². The molecule has 1 atom stereocenters. The highest BCUT2D eigenvalue weighted by Gasteiger charge is 2.09. The number of hydrogen-bond donors (Lipinski definition) is 1. The van der Waals surface area contributed by atoms with E-state index in [1.54, 1.807) is 0 Å². The quantitative estimate of drug-likeness (QED) is 0.453. The fraction of sp³-hybridized carbons (Fsp3) is 0.286. The van der Waals surface area contributed by atoms with Gasteiger partial charge in [0.15, 0.2) is 0 Å². The van der Waals surface area contributed by atoms with Gasteiger partial charge in [-0.25, -0.2) is 0 Å². The van der Waals surface area contributed by atoms with Gasteiger partial charge in [-0.15, -0.1) is 5.16 Å². The highest BCUT2D eigenvalue weighted by atomic mass is 16.4. The van der Waals surface area contributed by atoms with Crippen molar-refractivity contribution in [1.29, 1.82) is 0 Å². The van der Waals surface area contributed by atoms with Crippen molar-refractivity contribution in [2.24, 2.45) is 5.16 Å². The molecule has 1 radical (unpaired) electrons. The van der Waals surface area contributed by atoms with Crippen LogP contribution >= 0.6 is 0 Å². The highest BCUT2D eigenvalue weighted by molar-refractivity contribution is 5.73. The van der Waals surface area contributed by atoms with Gasteiger partial charge < -0.3 is 5.21 Å². The van der Waals surface area contributed by atoms with Crippen LogP contribution in [0.1, 0.15) is 31.7 Å². The molecule has 1 aromatic rings. The van der Waals surface area contributed by atoms with Gasteiger partial charge in [0.1, 0.15) is 0 Å². The van der Waals surface area contributed by atoms with Gasteiger partial charge in [-0.1, -0.05) is 55.8 Å². The van der Waals surface area contributed by atoms with Crippen LogP contribution in [0.15, 0.2) is 47.1 Å². The van der Waals surface area contributed by atoms with E-state index in [4.69, 9.17) is 5.21 Å². The van der Waals surface area contributed by atoms with Crippen LogP contribution in [0.4, 0.5) is 0 Å². The van der Waals surface area contributed by atoms with Gasteiger partial charge in [0.05, 0.1) is 6.21 Å². The smallest absolute Gasteiger partial charge is 0.0517 e. The number of hydrogen-bond acceptors (Lipinski definition) is 2. The lowest BCUT2D eigenvalue weighted by Crippen LogP contribution is -1.99. The molecule has 0 saturated carbocycles. The summed E-state index contributed by atoms with van der Waals surface area (Å²) in [6.45, 7) is 4.25. The van der Waals surface area contributed by atoms with E-state index in [-0.39, 0.29) is 0 Å². The van der Waals surface area contributed by atoms with E-state index in [1.165, 1.54) is 17.4 Å². The second kappa shape index (κ2) is 6.83. The van der Waals surface area contributed by atoms with Crippen molar-refractivity contribution in [1.82, 2.24) is 0 Å². The molecule has 0 bridgehead atoms. The first kappa shape index (κ1) is 12.5. The van der Waals surface area contributed by atoms with Crippen LogP contribution in [0, 0.1) is 6.42 Å². The Morgan fingerprint density at radius 1 is 1.38 bits per heavy atom. The van der Waals surface area contributed by atoms with Crippen LogP contribution in [-0.2, 0) is 0 Å². The maximum absolute atomic E-state index is 8.45. The average molecular weight is 216 g/mol. The Balaban J connectivity index is 2.83. The molecule has 1 N–H and O–H groups in total. The third-order valence-corrected chi connectivity index (χ3v) is 2.57. The summed E-state index contributed by atoms with van der Waals surface area (Å²) in [6, 6.07) is 10.3. The van der Waals surface area contributed by atoms with Crippen molar-refractivity contribution in [3.8, 4) is 0 Å². The normalized spacial score (nSPS) is 14.2. The van der Waals surface area contributed by atoms with Gasteiger partial charge in [0.25, 0.3) is 0 Å². The van der Waals surface area contributed by atoms with Crippen molar-refractivity contribution in [2.75, 3.05) is 0 Å². The summed E-state index contributed by atoms with van der Waals surface area (Å²) in [7, 11) is 0. The van der Waals surface area contributed by atoms with Gasteiger partial charge in [0, 0.05) is 12.3 Å². The second-order valence-electron chi connectivity index (χ2n) is 3.68. The lowest BCUT2D eigenvalue weighted by molar-refractivity contribution is 0.321. The standard InChI is InChI=1S/C14H18NO/c1-3-7-13(10-11-15-16)12(2)14-8-5-4-6-9-14/h4-12,16H,3H2,1-2H3. The molecule has 0 aliphatic carbocycles. The maximum atomic E-state index is 8.45. The maximum Gasteiger partial charge on any atom is 0.0517 e. The molecule has 2 nitrogen and oxygen atoms in total. The lowest BCUT2D eigenvalue weighted by Gasteiger charge is -2.14. The van der Waals surface area contributed by atoms with Crippen LogP contribution in [0.25, 0.3) is 0 Å². The zero-order valence-corrected chi connectivity index (χ0v) is 9.80. The molecule has 0 heterocycles. The fourth-order valence-electron chi connectivity index (χ4n) is 1.68. The topological polar surface area (TPSA) is 32.6 Å². The molecule has 0 aliphatic heterocycles. The van der Waals surface area contributed by atoms with E-state index < -0.39 is 0 Å². The molecule has 85 valence electrons. The summed E-state index contributed by atoms with van der Waals surface area (Å²) >= 11 is 0. The van der Waals surface area contributed by atoms with Crippen LogP contribution in [0.3, 0.4) is 0 Å². The average Bonchev–Trinajstić information content (AvgIpc) is 2.35. The second-order valence-corrected chi connectivity index (χ2v) is 3.68. The van der Waals surface area contributed by atoms with Gasteiger partial charge >= 0.3 is 0 Å². The van der Waals surface area contributed by atoms with E-state index >= 15 is 0 Å². The molecule has 0 amide bonds. The van der Waals surface area contributed by atoms with E-state index in [0.29, 0.717) is 5.92 Å². The molecule has 0 fully saturated rings. The molecule has 2 heteroatoms. The third-order valence-electron chi connectivity index (χ3n) is 2.57. The molecular weight excluding hydrogens is 198 g/mol. The summed E-state index contributed by atoms with van der Waals surface area (Å²) in [5.41, 5.74) is 2.44. The Morgan fingerprint density at radius 3 is 2.62 bits per heavy atom. The van der Waals surface area contributed by atoms with E-state index in [2.05, 4.69) is 37.2 Å². The Bertz CT molecular complexity index is 354. The Labute approximate surface area is 97.3 Å². The van der Waals surface area contributed by atoms with Gasteiger partial charge in [-0.3, -0.25) is 0 Å². The number of nitrogens with zero attached hydrogens (tertiary/aromatic N) is 1. The van der Waals surface area contributed by atoms with Gasteiger partial charge in [-0.2, -0.15) is 0 Å². The lowest BCUT2D eigenvalue weighted by atomic mass is 9.90. The number of oxime groups is 1. The Kier molecular flexibility index (Phi) is 5.34. The molecule has 1 unspecified atom stereocenters. The summed E-state index contributed by atoms with van der Waals surface area (Å²) in [5.74, 6) is 0.319. The SMILES string of the molecule is CCC=C([CH]C=NO)C(C)c1ccccc1. The predicted octanol–water partition coefficient (Wildman–Crippen LogP) is 3.79. The minimum Gasteiger partial charge on any atom is -0.411 e. The number of benzene rings is 1. The van der Waals surface area contributed by atoms with Crippen molar-refractivity contribution < 1.29 is 5.21 Å². The minimum atomic E-state index is 0.319. The summed E-state index contributed by atoms with van der Waals surface area (Å²) in [4.78, 5) is 0. The molecule has 0 spiro atoms. The zero-order chi connectivity index (χ0) is 11.8. The zero-order valence-electron chi connectivity index (χ0n) is 9.80. The summed E-state index contributed by atoms with van der Waals surface area (Å²) in [5, 5.41) is 11.5. The van der Waals surface area contributed by atoms with Gasteiger partial charge in [0.2, 0.25) is 0 Å². The first-order chi connectivity index (χ1) is 7.79. The third kappa shape index (κ3) is 3.54. The van der Waals surface area contributed by atoms with Crippen molar-refractivity contribution >= 4 is 6.21 Å². The number of allylic oxidation sites excluding steroid dienone is 2. The highest BCUT2D eigenvalue weighted by Crippen LogP contribution is 2.25. The number of rotatable bonds is 5. The van der Waals surface area contributed by atoms with E-state index in [0.717, 1.165) is 6.42 Å². The van der Waals surface area contributed by atoms with Crippen molar-refractivity contribution in [3.63, 3.8) is 0 Å². The fourth-order valence-corrected chi connectivity index (χ4v) is 1.68. The molecule has 0 aromatic heterocycles. The van der Waals surface area contributed by atoms with Crippen LogP contribution < -0.4 is 0 Å². The van der Waals surface area contributed by atoms with E-state index in [1.807, 2.05) is 24.6 Å². The van der Waals surface area contributed by atoms with Crippen molar-refractivity contribution in [3.05, 3.63) is 54.0 Å². The summed E-state index contributed by atoms with van der Waals surface area (Å²) in [6.07, 6.45) is 6.39. The molecule has 1 aromatic carbocycles. The van der Waals surface area contributed by atoms with Crippen LogP contribution in [0.2, 0.25) is 0 Å². The molecule has 0 aliphatic rings. The largest absolute Gasteiger partial charge is 0.411 e. The van der Waals surface area contributed by atoms with Gasteiger partial charge in [-0.05, 0) is 12.0 Å². The Morgan fingerprint density at radius 2 is 2.06 bits per heavy atom. The van der Waals surface area contributed by atoms with Crippen LogP contribution in [0.5, 0.6) is 0 Å². The first-order valence-electron chi connectivity index (χ1n) is 5.55.